The Morgan fingerprint density at radius 1 is 1.13 bits per heavy atom. The van der Waals surface area contributed by atoms with Gasteiger partial charge in [-0.1, -0.05) is 36.4 Å². The fourth-order valence-corrected chi connectivity index (χ4v) is 4.76. The van der Waals surface area contributed by atoms with Crippen molar-refractivity contribution in [3.63, 3.8) is 0 Å². The monoisotopic (exact) mass is 416 g/mol. The van der Waals surface area contributed by atoms with Gasteiger partial charge in [0.1, 0.15) is 0 Å². The summed E-state index contributed by atoms with van der Waals surface area (Å²) >= 11 is 3.29. The van der Waals surface area contributed by atoms with E-state index in [0.29, 0.717) is 11.0 Å². The Hall–Kier alpha value is -0.920. The van der Waals surface area contributed by atoms with Crippen molar-refractivity contribution in [2.45, 2.75) is 17.4 Å². The lowest BCUT2D eigenvalue weighted by Gasteiger charge is -2.27. The third-order valence-corrected chi connectivity index (χ3v) is 6.25. The lowest BCUT2D eigenvalue weighted by molar-refractivity contribution is 0.491. The molecule has 1 unspecified atom stereocenters. The second-order valence-electron chi connectivity index (χ2n) is 5.24. The standard InChI is InChI=1S/C16H17BrN2O2S.ClH/c17-14-7-3-4-8-16(14)22(20,21)19-11-15-13-6-2-1-5-12(13)9-10-18-15;/h1-8,15,18-19H,9-11H2;1H. The quantitative estimate of drug-likeness (QED) is 0.804. The summed E-state index contributed by atoms with van der Waals surface area (Å²) in [6.07, 6.45) is 0.976. The van der Waals surface area contributed by atoms with Crippen molar-refractivity contribution in [1.29, 1.82) is 0 Å². The number of rotatable bonds is 4. The SMILES string of the molecule is Cl.O=S(=O)(NCC1NCCc2ccccc21)c1ccccc1Br. The Balaban J connectivity index is 0.00000192. The van der Waals surface area contributed by atoms with Crippen LogP contribution < -0.4 is 10.0 Å². The Bertz CT molecular complexity index is 783. The average Bonchev–Trinajstić information content (AvgIpc) is 2.53. The van der Waals surface area contributed by atoms with Crippen LogP contribution in [0, 0.1) is 0 Å². The van der Waals surface area contributed by atoms with Crippen molar-refractivity contribution < 1.29 is 8.42 Å². The van der Waals surface area contributed by atoms with Crippen LogP contribution in [0.2, 0.25) is 0 Å². The van der Waals surface area contributed by atoms with Gasteiger partial charge in [-0.15, -0.1) is 12.4 Å². The molecule has 0 spiro atoms. The maximum atomic E-state index is 12.4. The first-order valence-corrected chi connectivity index (χ1v) is 9.41. The fourth-order valence-electron chi connectivity index (χ4n) is 2.71. The van der Waals surface area contributed by atoms with E-state index < -0.39 is 10.0 Å². The molecule has 124 valence electrons. The molecule has 0 aromatic heterocycles. The Morgan fingerprint density at radius 3 is 2.61 bits per heavy atom. The molecule has 2 aromatic carbocycles. The first-order valence-electron chi connectivity index (χ1n) is 7.13. The van der Waals surface area contributed by atoms with Crippen LogP contribution >= 0.6 is 28.3 Å². The zero-order chi connectivity index (χ0) is 15.6. The van der Waals surface area contributed by atoms with E-state index in [4.69, 9.17) is 0 Å². The minimum atomic E-state index is -3.53. The normalized spacial score (nSPS) is 17.2. The molecule has 1 aliphatic heterocycles. The highest BCUT2D eigenvalue weighted by Gasteiger charge is 2.23. The molecule has 0 amide bonds. The first-order chi connectivity index (χ1) is 10.6. The maximum Gasteiger partial charge on any atom is 0.241 e. The van der Waals surface area contributed by atoms with E-state index in [-0.39, 0.29) is 23.3 Å². The minimum Gasteiger partial charge on any atom is -0.308 e. The fraction of sp³-hybridized carbons (Fsp3) is 0.250. The van der Waals surface area contributed by atoms with E-state index in [9.17, 15) is 8.42 Å². The van der Waals surface area contributed by atoms with Gasteiger partial charge < -0.3 is 5.32 Å². The van der Waals surface area contributed by atoms with E-state index in [1.807, 2.05) is 12.1 Å². The third-order valence-electron chi connectivity index (χ3n) is 3.82. The van der Waals surface area contributed by atoms with Crippen LogP contribution in [-0.4, -0.2) is 21.5 Å². The van der Waals surface area contributed by atoms with Gasteiger partial charge in [-0.3, -0.25) is 0 Å². The molecule has 3 rings (SSSR count). The highest BCUT2D eigenvalue weighted by atomic mass is 79.9. The summed E-state index contributed by atoms with van der Waals surface area (Å²) in [6, 6.07) is 15.0. The summed E-state index contributed by atoms with van der Waals surface area (Å²) in [7, 11) is -3.53. The molecule has 1 aliphatic rings. The summed E-state index contributed by atoms with van der Waals surface area (Å²) in [5.74, 6) is 0. The Morgan fingerprint density at radius 2 is 1.83 bits per heavy atom. The van der Waals surface area contributed by atoms with Crippen molar-refractivity contribution in [1.82, 2.24) is 10.0 Å². The molecule has 0 saturated carbocycles. The van der Waals surface area contributed by atoms with Crippen molar-refractivity contribution in [3.8, 4) is 0 Å². The highest BCUT2D eigenvalue weighted by molar-refractivity contribution is 9.10. The predicted octanol–water partition coefficient (Wildman–Crippen LogP) is 3.04. The molecule has 0 bridgehead atoms. The van der Waals surface area contributed by atoms with Crippen molar-refractivity contribution in [2.24, 2.45) is 0 Å². The van der Waals surface area contributed by atoms with Gasteiger partial charge in [0.2, 0.25) is 10.0 Å². The lowest BCUT2D eigenvalue weighted by atomic mass is 9.95. The number of hydrogen-bond acceptors (Lipinski definition) is 3. The smallest absolute Gasteiger partial charge is 0.241 e. The zero-order valence-electron chi connectivity index (χ0n) is 12.3. The zero-order valence-corrected chi connectivity index (χ0v) is 15.5. The summed E-state index contributed by atoms with van der Waals surface area (Å²) in [5, 5.41) is 3.38. The molecule has 0 aliphatic carbocycles. The topological polar surface area (TPSA) is 58.2 Å². The van der Waals surface area contributed by atoms with Gasteiger partial charge in [-0.2, -0.15) is 0 Å². The van der Waals surface area contributed by atoms with Crippen LogP contribution in [0.3, 0.4) is 0 Å². The van der Waals surface area contributed by atoms with Gasteiger partial charge in [0.05, 0.1) is 4.90 Å². The largest absolute Gasteiger partial charge is 0.308 e. The second-order valence-corrected chi connectivity index (χ2v) is 7.83. The van der Waals surface area contributed by atoms with Gasteiger partial charge >= 0.3 is 0 Å². The number of hydrogen-bond donors (Lipinski definition) is 2. The van der Waals surface area contributed by atoms with Crippen LogP contribution in [0.25, 0.3) is 0 Å². The second kappa shape index (κ2) is 7.77. The molecule has 23 heavy (non-hydrogen) atoms. The molecule has 2 aromatic rings. The van der Waals surface area contributed by atoms with Crippen molar-refractivity contribution in [2.75, 3.05) is 13.1 Å². The number of halogens is 2. The van der Waals surface area contributed by atoms with E-state index >= 15 is 0 Å². The molecular formula is C16H18BrClN2O2S. The third kappa shape index (κ3) is 4.14. The van der Waals surface area contributed by atoms with E-state index in [1.165, 1.54) is 11.1 Å². The molecule has 7 heteroatoms. The number of sulfonamides is 1. The van der Waals surface area contributed by atoms with Crippen molar-refractivity contribution in [3.05, 3.63) is 64.1 Å². The number of benzene rings is 2. The molecular weight excluding hydrogens is 400 g/mol. The number of nitrogens with one attached hydrogen (secondary N) is 2. The van der Waals surface area contributed by atoms with Gasteiger partial charge in [-0.25, -0.2) is 13.1 Å². The summed E-state index contributed by atoms with van der Waals surface area (Å²) in [4.78, 5) is 0.263. The van der Waals surface area contributed by atoms with Gasteiger partial charge in [0, 0.05) is 17.1 Å². The molecule has 0 fully saturated rings. The first kappa shape index (κ1) is 18.4. The Labute approximate surface area is 151 Å². The minimum absolute atomic E-state index is 0. The van der Waals surface area contributed by atoms with Crippen LogP contribution in [-0.2, 0) is 16.4 Å². The van der Waals surface area contributed by atoms with Crippen molar-refractivity contribution >= 4 is 38.4 Å². The van der Waals surface area contributed by atoms with Crippen LogP contribution in [0.1, 0.15) is 17.2 Å². The summed E-state index contributed by atoms with van der Waals surface area (Å²) in [5.41, 5.74) is 2.45. The summed E-state index contributed by atoms with van der Waals surface area (Å²) in [6.45, 7) is 1.19. The Kier molecular flexibility index (Phi) is 6.22. The molecule has 0 radical (unpaired) electrons. The molecule has 4 nitrogen and oxygen atoms in total. The predicted molar refractivity (Wildman–Crippen MR) is 97.5 cm³/mol. The van der Waals surface area contributed by atoms with Gasteiger partial charge in [-0.05, 0) is 52.2 Å². The van der Waals surface area contributed by atoms with E-state index in [0.717, 1.165) is 13.0 Å². The summed E-state index contributed by atoms with van der Waals surface area (Å²) < 4.78 is 28.2. The average molecular weight is 418 g/mol. The van der Waals surface area contributed by atoms with E-state index in [2.05, 4.69) is 38.1 Å². The highest BCUT2D eigenvalue weighted by Crippen LogP contribution is 2.24. The molecule has 1 heterocycles. The van der Waals surface area contributed by atoms with Crippen LogP contribution in [0.5, 0.6) is 0 Å². The lowest BCUT2D eigenvalue weighted by Crippen LogP contribution is -2.38. The van der Waals surface area contributed by atoms with Crippen LogP contribution in [0.15, 0.2) is 57.9 Å². The van der Waals surface area contributed by atoms with Gasteiger partial charge in [0.25, 0.3) is 0 Å². The van der Waals surface area contributed by atoms with Gasteiger partial charge in [0.15, 0.2) is 0 Å². The van der Waals surface area contributed by atoms with E-state index in [1.54, 1.807) is 24.3 Å². The molecule has 1 atom stereocenters. The maximum absolute atomic E-state index is 12.4. The van der Waals surface area contributed by atoms with Crippen LogP contribution in [0.4, 0.5) is 0 Å². The molecule has 0 saturated heterocycles. The number of fused-ring (bicyclic) bond motifs is 1. The molecule has 2 N–H and O–H groups in total.